The van der Waals surface area contributed by atoms with Crippen molar-refractivity contribution >= 4 is 63.5 Å². The maximum atomic E-state index is 13.8. The van der Waals surface area contributed by atoms with Gasteiger partial charge in [0.2, 0.25) is 5.91 Å². The molecule has 1 N–H and O–H groups in total. The number of aromatic nitrogens is 2. The lowest BCUT2D eigenvalue weighted by Gasteiger charge is -2.37. The fraction of sp³-hybridized carbons (Fsp3) is 0.196. The fourth-order valence-electron chi connectivity index (χ4n) is 6.97. The van der Waals surface area contributed by atoms with Gasteiger partial charge in [-0.2, -0.15) is 0 Å². The van der Waals surface area contributed by atoms with Crippen LogP contribution in [0.2, 0.25) is 0 Å². The molecular formula is C46H40F2N4O4S3. The molecule has 1 aliphatic heterocycles. The van der Waals surface area contributed by atoms with Crippen LogP contribution in [0.25, 0.3) is 17.2 Å². The van der Waals surface area contributed by atoms with E-state index in [1.807, 2.05) is 65.4 Å². The van der Waals surface area contributed by atoms with Crippen LogP contribution in [0.5, 0.6) is 0 Å². The Hall–Kier alpha value is -5.76. The molecule has 13 heteroatoms. The molecule has 59 heavy (non-hydrogen) atoms. The van der Waals surface area contributed by atoms with Crippen molar-refractivity contribution in [2.24, 2.45) is 0 Å². The summed E-state index contributed by atoms with van der Waals surface area (Å²) in [7, 11) is 0. The first-order chi connectivity index (χ1) is 28.3. The Morgan fingerprint density at radius 1 is 0.864 bits per heavy atom. The van der Waals surface area contributed by atoms with Crippen LogP contribution in [0.1, 0.15) is 54.5 Å². The molecule has 0 aliphatic carbocycles. The largest absolute Gasteiger partial charge is 0.458 e. The third-order valence-electron chi connectivity index (χ3n) is 9.62. The van der Waals surface area contributed by atoms with E-state index in [1.54, 1.807) is 44.6 Å². The third-order valence-corrected chi connectivity index (χ3v) is 11.9. The number of carbonyl (C=O) groups excluding carboxylic acids is 3. The minimum Gasteiger partial charge on any atom is -0.458 e. The smallest absolute Gasteiger partial charge is 0.329 e. The summed E-state index contributed by atoms with van der Waals surface area (Å²) in [6.07, 6.45) is 5.24. The standard InChI is InChI=1S/C46H40F2N4O4S3/c1-45(2,3)56-43(55)39(25-35-27-51(29-49-35)46(32-13-7-4-8-14-32,33-15-9-5-10-16-33)34-17-11-6-12-18-34)50-41(53)21-22-52-42(54)40(59-44(52)57)26-36-23-31(28-58-36)30-19-20-37(47)38(48)24-30/h4-20,23-24,26-29,39H,21-22,25H2,1-3H3,(H,50,53)/t39-/m0/s1. The summed E-state index contributed by atoms with van der Waals surface area (Å²) in [5, 5.41) is 4.64. The zero-order chi connectivity index (χ0) is 41.7. The Kier molecular flexibility index (Phi) is 12.4. The molecule has 0 bridgehead atoms. The molecule has 8 nitrogen and oxygen atoms in total. The van der Waals surface area contributed by atoms with Gasteiger partial charge in [-0.15, -0.1) is 11.3 Å². The summed E-state index contributed by atoms with van der Waals surface area (Å²) in [5.74, 6) is -3.32. The number of benzene rings is 4. The number of esters is 1. The average Bonchev–Trinajstić information content (AvgIpc) is 3.95. The molecule has 1 fully saturated rings. The van der Waals surface area contributed by atoms with Gasteiger partial charge in [0.05, 0.1) is 16.9 Å². The number of thioether (sulfide) groups is 1. The molecule has 0 radical (unpaired) electrons. The summed E-state index contributed by atoms with van der Waals surface area (Å²) in [5.41, 5.74) is 3.12. The Labute approximate surface area is 354 Å². The van der Waals surface area contributed by atoms with Crippen molar-refractivity contribution in [1.29, 1.82) is 0 Å². The highest BCUT2D eigenvalue weighted by atomic mass is 32.2. The number of amides is 2. The highest BCUT2D eigenvalue weighted by molar-refractivity contribution is 8.26. The molecule has 7 rings (SSSR count). The van der Waals surface area contributed by atoms with Gasteiger partial charge in [0, 0.05) is 30.5 Å². The second kappa shape index (κ2) is 17.6. The average molecular weight is 847 g/mol. The van der Waals surface area contributed by atoms with E-state index in [2.05, 4.69) is 41.7 Å². The summed E-state index contributed by atoms with van der Waals surface area (Å²) in [6.45, 7) is 5.26. The highest BCUT2D eigenvalue weighted by Crippen LogP contribution is 2.41. The lowest BCUT2D eigenvalue weighted by Crippen LogP contribution is -2.46. The number of rotatable bonds is 13. The number of hydrogen-bond acceptors (Lipinski definition) is 8. The number of thiocarbonyl (C=S) groups is 1. The van der Waals surface area contributed by atoms with E-state index in [1.165, 1.54) is 22.3 Å². The Morgan fingerprint density at radius 3 is 2.05 bits per heavy atom. The molecule has 300 valence electrons. The van der Waals surface area contributed by atoms with Crippen molar-refractivity contribution in [2.45, 2.75) is 50.8 Å². The number of imidazole rings is 1. The predicted octanol–water partition coefficient (Wildman–Crippen LogP) is 9.39. The molecule has 0 spiro atoms. The molecule has 6 aromatic rings. The summed E-state index contributed by atoms with van der Waals surface area (Å²) in [4.78, 5) is 47.9. The van der Waals surface area contributed by atoms with Crippen molar-refractivity contribution in [3.63, 3.8) is 0 Å². The molecule has 2 amide bonds. The SMILES string of the molecule is CC(C)(C)OC(=O)[C@H](Cc1cn(C(c2ccccc2)(c2ccccc2)c2ccccc2)cn1)NC(=O)CCN1C(=O)C(=Cc2cc(-c3ccc(F)c(F)c3)cs2)SC1=S. The minimum atomic E-state index is -1.08. The Morgan fingerprint density at radius 2 is 1.47 bits per heavy atom. The van der Waals surface area contributed by atoms with Crippen molar-refractivity contribution < 1.29 is 27.9 Å². The van der Waals surface area contributed by atoms with Crippen LogP contribution in [-0.2, 0) is 31.1 Å². The third kappa shape index (κ3) is 9.27. The van der Waals surface area contributed by atoms with E-state index in [0.717, 1.165) is 45.5 Å². The number of thiophene rings is 1. The van der Waals surface area contributed by atoms with Crippen molar-refractivity contribution in [3.05, 3.63) is 177 Å². The predicted molar refractivity (Wildman–Crippen MR) is 232 cm³/mol. The van der Waals surface area contributed by atoms with Gasteiger partial charge < -0.3 is 14.6 Å². The highest BCUT2D eigenvalue weighted by Gasteiger charge is 2.39. The lowest BCUT2D eigenvalue weighted by molar-refractivity contribution is -0.158. The molecule has 1 atom stereocenters. The van der Waals surface area contributed by atoms with E-state index in [-0.39, 0.29) is 25.3 Å². The normalized spacial score (nSPS) is 14.5. The number of nitrogens with one attached hydrogen (secondary N) is 1. The maximum Gasteiger partial charge on any atom is 0.329 e. The van der Waals surface area contributed by atoms with Gasteiger partial charge >= 0.3 is 5.97 Å². The van der Waals surface area contributed by atoms with E-state index in [0.29, 0.717) is 26.0 Å². The van der Waals surface area contributed by atoms with Crippen molar-refractivity contribution in [2.75, 3.05) is 6.54 Å². The van der Waals surface area contributed by atoms with Crippen LogP contribution in [0.15, 0.2) is 138 Å². The number of ether oxygens (including phenoxy) is 1. The number of nitrogens with zero attached hydrogens (tertiary/aromatic N) is 3. The van der Waals surface area contributed by atoms with Crippen LogP contribution in [-0.4, -0.2) is 54.7 Å². The number of carbonyl (C=O) groups is 3. The summed E-state index contributed by atoms with van der Waals surface area (Å²) < 4.78 is 35.4. The van der Waals surface area contributed by atoms with Gasteiger partial charge in [0.15, 0.2) is 11.6 Å². The lowest BCUT2D eigenvalue weighted by atomic mass is 9.77. The van der Waals surface area contributed by atoms with Gasteiger partial charge in [0.1, 0.15) is 21.5 Å². The molecule has 0 unspecified atom stereocenters. The molecule has 0 saturated carbocycles. The summed E-state index contributed by atoms with van der Waals surface area (Å²) in [6, 6.07) is 34.8. The monoisotopic (exact) mass is 846 g/mol. The molecule has 4 aromatic carbocycles. The maximum absolute atomic E-state index is 13.8. The van der Waals surface area contributed by atoms with Crippen LogP contribution in [0.3, 0.4) is 0 Å². The van der Waals surface area contributed by atoms with E-state index >= 15 is 0 Å². The van der Waals surface area contributed by atoms with Crippen molar-refractivity contribution in [3.8, 4) is 11.1 Å². The molecule has 2 aromatic heterocycles. The second-order valence-corrected chi connectivity index (χ2v) is 17.5. The second-order valence-electron chi connectivity index (χ2n) is 14.9. The van der Waals surface area contributed by atoms with Crippen LogP contribution in [0, 0.1) is 11.6 Å². The van der Waals surface area contributed by atoms with Crippen molar-refractivity contribution in [1.82, 2.24) is 19.8 Å². The van der Waals surface area contributed by atoms with Gasteiger partial charge in [0.25, 0.3) is 5.91 Å². The van der Waals surface area contributed by atoms with Crippen LogP contribution in [0.4, 0.5) is 8.78 Å². The molecular weight excluding hydrogens is 807 g/mol. The molecule has 3 heterocycles. The Bertz CT molecular complexity index is 2420. The molecule has 1 aliphatic rings. The first kappa shape index (κ1) is 41.4. The van der Waals surface area contributed by atoms with E-state index in [9.17, 15) is 23.2 Å². The van der Waals surface area contributed by atoms with Gasteiger partial charge in [-0.3, -0.25) is 14.5 Å². The van der Waals surface area contributed by atoms with Crippen LogP contribution >= 0.6 is 35.3 Å². The van der Waals surface area contributed by atoms with Gasteiger partial charge in [-0.1, -0.05) is 121 Å². The first-order valence-electron chi connectivity index (χ1n) is 18.8. The van der Waals surface area contributed by atoms with E-state index in [4.69, 9.17) is 21.9 Å². The topological polar surface area (TPSA) is 93.5 Å². The fourth-order valence-corrected chi connectivity index (χ4v) is 9.19. The van der Waals surface area contributed by atoms with Gasteiger partial charge in [-0.25, -0.2) is 18.6 Å². The molecule has 1 saturated heterocycles. The van der Waals surface area contributed by atoms with E-state index < -0.39 is 40.7 Å². The Balaban J connectivity index is 1.09. The van der Waals surface area contributed by atoms with Crippen LogP contribution < -0.4 is 5.32 Å². The first-order valence-corrected chi connectivity index (χ1v) is 20.9. The number of halogens is 2. The zero-order valence-corrected chi connectivity index (χ0v) is 34.9. The number of hydrogen-bond donors (Lipinski definition) is 1. The van der Waals surface area contributed by atoms with Gasteiger partial charge in [-0.05, 0) is 78.2 Å². The minimum absolute atomic E-state index is 0.0121. The zero-order valence-electron chi connectivity index (χ0n) is 32.4. The quantitative estimate of drug-likeness (QED) is 0.0536. The summed E-state index contributed by atoms with van der Waals surface area (Å²) >= 11 is 7.98.